The molecule has 3 heterocycles. The van der Waals surface area contributed by atoms with Gasteiger partial charge in [0.1, 0.15) is 18.6 Å². The highest BCUT2D eigenvalue weighted by molar-refractivity contribution is 7.96. The standard InChI is InChI=1S/C12H9N6S/c1-4-16-10(7-13-1)19(11-8-14-2-5-17-11)12-9-15-3-6-18-12/h1-9H/q+1. The molecule has 3 rings (SSSR count). The Hall–Kier alpha value is -2.41. The molecule has 0 aliphatic carbocycles. The van der Waals surface area contributed by atoms with Crippen molar-refractivity contribution in [3.8, 4) is 0 Å². The van der Waals surface area contributed by atoms with Crippen LogP contribution in [0, 0.1) is 0 Å². The fourth-order valence-corrected chi connectivity index (χ4v) is 3.13. The molecule has 0 aromatic carbocycles. The quantitative estimate of drug-likeness (QED) is 0.664. The second kappa shape index (κ2) is 5.49. The van der Waals surface area contributed by atoms with Gasteiger partial charge in [0.15, 0.2) is 10.9 Å². The Kier molecular flexibility index (Phi) is 3.37. The van der Waals surface area contributed by atoms with E-state index in [1.165, 1.54) is 0 Å². The van der Waals surface area contributed by atoms with Crippen LogP contribution in [0.2, 0.25) is 0 Å². The van der Waals surface area contributed by atoms with Gasteiger partial charge in [0.25, 0.3) is 15.1 Å². The summed E-state index contributed by atoms with van der Waals surface area (Å²) in [6, 6.07) is 0. The maximum absolute atomic E-state index is 4.35. The topological polar surface area (TPSA) is 77.3 Å². The zero-order valence-corrected chi connectivity index (χ0v) is 10.6. The van der Waals surface area contributed by atoms with E-state index >= 15 is 0 Å². The Morgan fingerprint density at radius 3 is 1.16 bits per heavy atom. The van der Waals surface area contributed by atoms with Crippen LogP contribution in [0.25, 0.3) is 0 Å². The molecule has 0 unspecified atom stereocenters. The van der Waals surface area contributed by atoms with E-state index in [-0.39, 0.29) is 0 Å². The molecule has 92 valence electrons. The lowest BCUT2D eigenvalue weighted by Crippen LogP contribution is -2.11. The van der Waals surface area contributed by atoms with Gasteiger partial charge in [-0.25, -0.2) is 15.0 Å². The van der Waals surface area contributed by atoms with Crippen LogP contribution < -0.4 is 0 Å². The Bertz CT molecular complexity index is 540. The summed E-state index contributed by atoms with van der Waals surface area (Å²) in [6.07, 6.45) is 15.0. The van der Waals surface area contributed by atoms with Crippen molar-refractivity contribution in [3.05, 3.63) is 55.8 Å². The number of rotatable bonds is 3. The smallest absolute Gasteiger partial charge is 0.256 e. The Morgan fingerprint density at radius 1 is 0.526 bits per heavy atom. The van der Waals surface area contributed by atoms with E-state index in [9.17, 15) is 0 Å². The monoisotopic (exact) mass is 269 g/mol. The molecule has 0 radical (unpaired) electrons. The van der Waals surface area contributed by atoms with E-state index in [4.69, 9.17) is 0 Å². The molecular weight excluding hydrogens is 260 g/mol. The molecule has 7 heteroatoms. The molecule has 0 bridgehead atoms. The predicted octanol–water partition coefficient (Wildman–Crippen LogP) is 1.15. The minimum absolute atomic E-state index is 0.535. The first-order valence-electron chi connectivity index (χ1n) is 5.47. The van der Waals surface area contributed by atoms with Crippen LogP contribution in [0.4, 0.5) is 0 Å². The van der Waals surface area contributed by atoms with E-state index in [0.717, 1.165) is 15.1 Å². The number of hydrogen-bond acceptors (Lipinski definition) is 6. The summed E-state index contributed by atoms with van der Waals surface area (Å²) in [4.78, 5) is 25.4. The first-order chi connectivity index (χ1) is 9.45. The Morgan fingerprint density at radius 2 is 0.895 bits per heavy atom. The Labute approximate surface area is 112 Å². The van der Waals surface area contributed by atoms with Crippen LogP contribution >= 0.6 is 0 Å². The molecule has 0 saturated heterocycles. The molecular formula is C12H9N6S+. The second-order valence-electron chi connectivity index (χ2n) is 3.44. The average Bonchev–Trinajstić information content (AvgIpc) is 2.51. The van der Waals surface area contributed by atoms with Crippen LogP contribution in [0.5, 0.6) is 0 Å². The van der Waals surface area contributed by atoms with Gasteiger partial charge < -0.3 is 0 Å². The predicted molar refractivity (Wildman–Crippen MR) is 68.3 cm³/mol. The van der Waals surface area contributed by atoms with Crippen LogP contribution in [-0.4, -0.2) is 29.9 Å². The van der Waals surface area contributed by atoms with E-state index in [1.807, 2.05) is 0 Å². The van der Waals surface area contributed by atoms with Crippen LogP contribution in [-0.2, 0) is 10.9 Å². The van der Waals surface area contributed by atoms with Crippen molar-refractivity contribution >= 4 is 10.9 Å². The van der Waals surface area contributed by atoms with E-state index in [0.29, 0.717) is 0 Å². The molecule has 0 fully saturated rings. The van der Waals surface area contributed by atoms with Crippen molar-refractivity contribution in [2.75, 3.05) is 0 Å². The van der Waals surface area contributed by atoms with Crippen LogP contribution in [0.15, 0.2) is 70.8 Å². The van der Waals surface area contributed by atoms with Crippen molar-refractivity contribution in [2.24, 2.45) is 0 Å². The van der Waals surface area contributed by atoms with Crippen molar-refractivity contribution in [2.45, 2.75) is 15.1 Å². The third kappa shape index (κ3) is 2.55. The lowest BCUT2D eigenvalue weighted by Gasteiger charge is -2.02. The molecule has 3 aromatic rings. The number of hydrogen-bond donors (Lipinski definition) is 0. The highest BCUT2D eigenvalue weighted by Crippen LogP contribution is 2.24. The lowest BCUT2D eigenvalue weighted by atomic mass is 10.7. The van der Waals surface area contributed by atoms with Gasteiger partial charge in [-0.15, -0.1) is 0 Å². The zero-order valence-electron chi connectivity index (χ0n) is 9.79. The summed E-state index contributed by atoms with van der Waals surface area (Å²) in [7, 11) is -0.535. The van der Waals surface area contributed by atoms with Gasteiger partial charge in [-0.3, -0.25) is 15.0 Å². The SMILES string of the molecule is c1cnc([S+](c2cnccn2)c2cnccn2)cn1. The number of nitrogens with zero attached hydrogens (tertiary/aromatic N) is 6. The number of aromatic nitrogens is 6. The van der Waals surface area contributed by atoms with Gasteiger partial charge in [0.2, 0.25) is 0 Å². The molecule has 3 aromatic heterocycles. The van der Waals surface area contributed by atoms with E-state index in [2.05, 4.69) is 29.9 Å². The highest BCUT2D eigenvalue weighted by Gasteiger charge is 2.34. The van der Waals surface area contributed by atoms with Gasteiger partial charge in [-0.2, -0.15) is 0 Å². The molecule has 0 N–H and O–H groups in total. The maximum atomic E-state index is 4.35. The first kappa shape index (κ1) is 11.7. The van der Waals surface area contributed by atoms with Crippen LogP contribution in [0.3, 0.4) is 0 Å². The molecule has 0 spiro atoms. The lowest BCUT2D eigenvalue weighted by molar-refractivity contribution is 0.970. The van der Waals surface area contributed by atoms with Gasteiger partial charge in [-0.1, -0.05) is 0 Å². The maximum Gasteiger partial charge on any atom is 0.280 e. The first-order valence-corrected chi connectivity index (χ1v) is 6.70. The molecule has 0 atom stereocenters. The third-order valence-corrected chi connectivity index (χ3v) is 4.13. The summed E-state index contributed by atoms with van der Waals surface area (Å²) in [6.45, 7) is 0. The Balaban J connectivity index is 2.12. The van der Waals surface area contributed by atoms with Gasteiger partial charge in [0, 0.05) is 18.6 Å². The van der Waals surface area contributed by atoms with Crippen molar-refractivity contribution < 1.29 is 0 Å². The second-order valence-corrected chi connectivity index (χ2v) is 5.30. The summed E-state index contributed by atoms with van der Waals surface area (Å²) >= 11 is 0. The molecule has 6 nitrogen and oxygen atoms in total. The minimum atomic E-state index is -0.535. The van der Waals surface area contributed by atoms with Crippen molar-refractivity contribution in [1.29, 1.82) is 0 Å². The third-order valence-electron chi connectivity index (χ3n) is 2.25. The van der Waals surface area contributed by atoms with Gasteiger partial charge in [-0.05, 0) is 0 Å². The average molecular weight is 269 g/mol. The van der Waals surface area contributed by atoms with E-state index in [1.54, 1.807) is 55.8 Å². The summed E-state index contributed by atoms with van der Waals surface area (Å²) in [5.41, 5.74) is 0. The van der Waals surface area contributed by atoms with E-state index < -0.39 is 10.9 Å². The molecule has 0 amide bonds. The zero-order chi connectivity index (χ0) is 12.9. The fourth-order valence-electron chi connectivity index (χ4n) is 1.49. The summed E-state index contributed by atoms with van der Waals surface area (Å²) in [5.74, 6) is 0. The summed E-state index contributed by atoms with van der Waals surface area (Å²) in [5, 5.41) is 2.38. The largest absolute Gasteiger partial charge is 0.280 e. The minimum Gasteiger partial charge on any atom is -0.256 e. The molecule has 0 saturated carbocycles. The normalized spacial score (nSPS) is 10.6. The fraction of sp³-hybridized carbons (Fsp3) is 0. The summed E-state index contributed by atoms with van der Waals surface area (Å²) < 4.78 is 0. The van der Waals surface area contributed by atoms with Gasteiger partial charge >= 0.3 is 0 Å². The van der Waals surface area contributed by atoms with Crippen molar-refractivity contribution in [1.82, 2.24) is 29.9 Å². The van der Waals surface area contributed by atoms with Gasteiger partial charge in [0.05, 0.1) is 18.6 Å². The van der Waals surface area contributed by atoms with Crippen molar-refractivity contribution in [3.63, 3.8) is 0 Å². The molecule has 19 heavy (non-hydrogen) atoms. The van der Waals surface area contributed by atoms with Crippen LogP contribution in [0.1, 0.15) is 0 Å². The highest BCUT2D eigenvalue weighted by atomic mass is 32.2. The molecule has 0 aliphatic heterocycles. The molecule has 0 aliphatic rings.